The molecule has 6 heteroatoms. The molecule has 3 aromatic rings. The Hall–Kier alpha value is -3.12. The van der Waals surface area contributed by atoms with Crippen molar-refractivity contribution in [2.24, 2.45) is 0 Å². The molecule has 0 aromatic heterocycles. The first-order chi connectivity index (χ1) is 17.9. The third-order valence-corrected chi connectivity index (χ3v) is 6.83. The highest BCUT2D eigenvalue weighted by Crippen LogP contribution is 2.19. The van der Waals surface area contributed by atoms with Crippen LogP contribution >= 0.6 is 15.9 Å². The Bertz CT molecular complexity index is 1130. The summed E-state index contributed by atoms with van der Waals surface area (Å²) >= 11 is 3.53. The Kier molecular flexibility index (Phi) is 11.2. The standard InChI is InChI=1S/C31H37BrN2O3/c1-4-24(3)33-31(36)29(21-25-10-6-5-7-11-25)34(22-26-12-8-13-27(32)20-26)30(35)14-9-19-37-28-17-15-23(2)16-18-28/h5-8,10-13,15-18,20,24,29H,4,9,14,19,21-22H2,1-3H3,(H,33,36)/t24-,29+/m1/s1. The summed E-state index contributed by atoms with van der Waals surface area (Å²) in [6.45, 7) is 6.84. The van der Waals surface area contributed by atoms with Crippen LogP contribution in [0.15, 0.2) is 83.3 Å². The summed E-state index contributed by atoms with van der Waals surface area (Å²) in [6, 6.07) is 25.0. The summed E-state index contributed by atoms with van der Waals surface area (Å²) in [6.07, 6.45) is 2.12. The third kappa shape index (κ3) is 9.36. The number of rotatable bonds is 13. The number of halogens is 1. The smallest absolute Gasteiger partial charge is 0.243 e. The van der Waals surface area contributed by atoms with Gasteiger partial charge in [-0.3, -0.25) is 9.59 Å². The number of nitrogens with one attached hydrogen (secondary N) is 1. The summed E-state index contributed by atoms with van der Waals surface area (Å²) in [7, 11) is 0. The molecular formula is C31H37BrN2O3. The Morgan fingerprint density at radius 3 is 2.35 bits per heavy atom. The van der Waals surface area contributed by atoms with Gasteiger partial charge in [-0.25, -0.2) is 0 Å². The van der Waals surface area contributed by atoms with Gasteiger partial charge in [0.05, 0.1) is 6.61 Å². The van der Waals surface area contributed by atoms with Gasteiger partial charge in [0, 0.05) is 29.9 Å². The SMILES string of the molecule is CC[C@@H](C)NC(=O)[C@H](Cc1ccccc1)N(Cc1cccc(Br)c1)C(=O)CCCOc1ccc(C)cc1. The number of amides is 2. The van der Waals surface area contributed by atoms with Crippen LogP contribution in [0.4, 0.5) is 0 Å². The first-order valence-electron chi connectivity index (χ1n) is 12.9. The van der Waals surface area contributed by atoms with Gasteiger partial charge in [0.25, 0.3) is 0 Å². The highest BCUT2D eigenvalue weighted by molar-refractivity contribution is 9.10. The van der Waals surface area contributed by atoms with Crippen molar-refractivity contribution in [1.29, 1.82) is 0 Å². The van der Waals surface area contributed by atoms with Crippen molar-refractivity contribution in [2.45, 2.75) is 65.1 Å². The molecule has 0 aliphatic carbocycles. The number of benzene rings is 3. The lowest BCUT2D eigenvalue weighted by molar-refractivity contribution is -0.141. The lowest BCUT2D eigenvalue weighted by atomic mass is 10.0. The van der Waals surface area contributed by atoms with Crippen molar-refractivity contribution >= 4 is 27.7 Å². The van der Waals surface area contributed by atoms with Crippen LogP contribution in [0.25, 0.3) is 0 Å². The van der Waals surface area contributed by atoms with E-state index in [0.717, 1.165) is 27.8 Å². The van der Waals surface area contributed by atoms with Crippen molar-refractivity contribution < 1.29 is 14.3 Å². The Balaban J connectivity index is 1.79. The first-order valence-corrected chi connectivity index (χ1v) is 13.7. The molecule has 0 aliphatic rings. The van der Waals surface area contributed by atoms with Gasteiger partial charge in [-0.2, -0.15) is 0 Å². The number of nitrogens with zero attached hydrogens (tertiary/aromatic N) is 1. The van der Waals surface area contributed by atoms with Crippen LogP contribution in [-0.4, -0.2) is 35.4 Å². The first kappa shape index (κ1) is 28.5. The Morgan fingerprint density at radius 1 is 0.973 bits per heavy atom. The van der Waals surface area contributed by atoms with E-state index in [2.05, 4.69) is 21.2 Å². The lowest BCUT2D eigenvalue weighted by Gasteiger charge is -2.32. The summed E-state index contributed by atoms with van der Waals surface area (Å²) in [4.78, 5) is 28.9. The molecule has 0 heterocycles. The monoisotopic (exact) mass is 564 g/mol. The van der Waals surface area contributed by atoms with Crippen LogP contribution in [-0.2, 0) is 22.6 Å². The molecule has 0 spiro atoms. The van der Waals surface area contributed by atoms with E-state index in [-0.39, 0.29) is 17.9 Å². The molecule has 5 nitrogen and oxygen atoms in total. The molecular weight excluding hydrogens is 528 g/mol. The number of aryl methyl sites for hydroxylation is 1. The van der Waals surface area contributed by atoms with Gasteiger partial charge in [0.15, 0.2) is 0 Å². The van der Waals surface area contributed by atoms with E-state index in [4.69, 9.17) is 4.74 Å². The molecule has 196 valence electrons. The van der Waals surface area contributed by atoms with E-state index < -0.39 is 6.04 Å². The number of hydrogen-bond donors (Lipinski definition) is 1. The summed E-state index contributed by atoms with van der Waals surface area (Å²) in [5.74, 6) is 0.601. The van der Waals surface area contributed by atoms with Crippen LogP contribution in [0.2, 0.25) is 0 Å². The van der Waals surface area contributed by atoms with Gasteiger partial charge in [-0.1, -0.05) is 83.0 Å². The second-order valence-corrected chi connectivity index (χ2v) is 10.4. The molecule has 0 radical (unpaired) electrons. The minimum Gasteiger partial charge on any atom is -0.494 e. The number of carbonyl (C=O) groups excluding carboxylic acids is 2. The number of carbonyl (C=O) groups is 2. The topological polar surface area (TPSA) is 58.6 Å². The van der Waals surface area contributed by atoms with Crippen LogP contribution < -0.4 is 10.1 Å². The molecule has 0 unspecified atom stereocenters. The number of hydrogen-bond acceptors (Lipinski definition) is 3. The van der Waals surface area contributed by atoms with Gasteiger partial charge >= 0.3 is 0 Å². The van der Waals surface area contributed by atoms with Crippen LogP contribution in [0.5, 0.6) is 5.75 Å². The zero-order chi connectivity index (χ0) is 26.6. The lowest BCUT2D eigenvalue weighted by Crippen LogP contribution is -2.52. The van der Waals surface area contributed by atoms with E-state index in [1.807, 2.05) is 99.6 Å². The summed E-state index contributed by atoms with van der Waals surface area (Å²) in [5, 5.41) is 3.11. The summed E-state index contributed by atoms with van der Waals surface area (Å²) in [5.41, 5.74) is 3.15. The van der Waals surface area contributed by atoms with Crippen LogP contribution in [0.3, 0.4) is 0 Å². The highest BCUT2D eigenvalue weighted by atomic mass is 79.9. The van der Waals surface area contributed by atoms with Gasteiger partial charge in [-0.15, -0.1) is 0 Å². The molecule has 1 N–H and O–H groups in total. The Morgan fingerprint density at radius 2 is 1.68 bits per heavy atom. The fourth-order valence-electron chi connectivity index (χ4n) is 4.02. The van der Waals surface area contributed by atoms with Crippen molar-refractivity contribution in [3.63, 3.8) is 0 Å². The van der Waals surface area contributed by atoms with Crippen molar-refractivity contribution in [2.75, 3.05) is 6.61 Å². The second kappa shape index (κ2) is 14.6. The third-order valence-electron chi connectivity index (χ3n) is 6.34. The molecule has 2 amide bonds. The maximum absolute atomic E-state index is 13.7. The van der Waals surface area contributed by atoms with Crippen LogP contribution in [0, 0.1) is 6.92 Å². The van der Waals surface area contributed by atoms with Crippen molar-refractivity contribution in [3.8, 4) is 5.75 Å². The van der Waals surface area contributed by atoms with Crippen molar-refractivity contribution in [3.05, 3.63) is 100 Å². The largest absolute Gasteiger partial charge is 0.494 e. The fraction of sp³-hybridized carbons (Fsp3) is 0.355. The molecule has 2 atom stereocenters. The molecule has 0 fully saturated rings. The fourth-order valence-corrected chi connectivity index (χ4v) is 4.47. The highest BCUT2D eigenvalue weighted by Gasteiger charge is 2.30. The quantitative estimate of drug-likeness (QED) is 0.242. The molecule has 0 saturated carbocycles. The van der Waals surface area contributed by atoms with Crippen LogP contribution in [0.1, 0.15) is 49.8 Å². The summed E-state index contributed by atoms with van der Waals surface area (Å²) < 4.78 is 6.78. The normalized spacial score (nSPS) is 12.4. The van der Waals surface area contributed by atoms with Gasteiger partial charge < -0.3 is 15.0 Å². The average molecular weight is 566 g/mol. The molecule has 3 aromatic carbocycles. The van der Waals surface area contributed by atoms with Gasteiger partial charge in [0.2, 0.25) is 11.8 Å². The Labute approximate surface area is 229 Å². The van der Waals surface area contributed by atoms with Gasteiger partial charge in [0.1, 0.15) is 11.8 Å². The predicted molar refractivity (Wildman–Crippen MR) is 152 cm³/mol. The minimum absolute atomic E-state index is 0.0245. The molecule has 37 heavy (non-hydrogen) atoms. The zero-order valence-electron chi connectivity index (χ0n) is 22.0. The molecule has 0 aliphatic heterocycles. The molecule has 0 saturated heterocycles. The van der Waals surface area contributed by atoms with E-state index in [1.54, 1.807) is 4.90 Å². The van der Waals surface area contributed by atoms with E-state index in [0.29, 0.717) is 32.4 Å². The zero-order valence-corrected chi connectivity index (χ0v) is 23.5. The molecule has 3 rings (SSSR count). The molecule has 0 bridgehead atoms. The van der Waals surface area contributed by atoms with E-state index in [9.17, 15) is 9.59 Å². The average Bonchev–Trinajstić information content (AvgIpc) is 2.90. The van der Waals surface area contributed by atoms with Gasteiger partial charge in [-0.05, 0) is 62.1 Å². The maximum Gasteiger partial charge on any atom is 0.243 e. The van der Waals surface area contributed by atoms with Crippen molar-refractivity contribution in [1.82, 2.24) is 10.2 Å². The maximum atomic E-state index is 13.7. The van der Waals surface area contributed by atoms with E-state index >= 15 is 0 Å². The number of ether oxygens (including phenoxy) is 1. The minimum atomic E-state index is -0.624. The predicted octanol–water partition coefficient (Wildman–Crippen LogP) is 6.47. The second-order valence-electron chi connectivity index (χ2n) is 9.44. The van der Waals surface area contributed by atoms with E-state index in [1.165, 1.54) is 5.56 Å².